The zero-order valence-corrected chi connectivity index (χ0v) is 19.5. The van der Waals surface area contributed by atoms with E-state index in [2.05, 4.69) is 40.3 Å². The molecule has 0 aromatic heterocycles. The summed E-state index contributed by atoms with van der Waals surface area (Å²) in [7, 11) is -1.84. The van der Waals surface area contributed by atoms with E-state index in [0.717, 1.165) is 48.4 Å². The van der Waals surface area contributed by atoms with Gasteiger partial charge in [0.05, 0.1) is 12.2 Å². The molecule has 4 nitrogen and oxygen atoms in total. The number of aldehydes is 1. The molecule has 0 saturated carbocycles. The monoisotopic (exact) mass is 396 g/mol. The fourth-order valence-electron chi connectivity index (χ4n) is 3.36. The molecular formula is C22H40O4Si. The molecule has 0 aliphatic rings. The van der Waals surface area contributed by atoms with Crippen LogP contribution in [0.2, 0.25) is 18.1 Å². The third kappa shape index (κ3) is 9.02. The summed E-state index contributed by atoms with van der Waals surface area (Å²) in [6.07, 6.45) is 5.03. The Kier molecular flexibility index (Phi) is 11.7. The van der Waals surface area contributed by atoms with Crippen molar-refractivity contribution in [3.05, 3.63) is 23.8 Å². The van der Waals surface area contributed by atoms with Gasteiger partial charge in [-0.15, -0.1) is 0 Å². The highest BCUT2D eigenvalue weighted by Gasteiger charge is 2.38. The summed E-state index contributed by atoms with van der Waals surface area (Å²) in [5, 5.41) is 0. The second-order valence-corrected chi connectivity index (χ2v) is 12.6. The Balaban J connectivity index is 5.16. The van der Waals surface area contributed by atoms with Crippen LogP contribution in [-0.2, 0) is 18.8 Å². The van der Waals surface area contributed by atoms with E-state index in [1.54, 1.807) is 0 Å². The highest BCUT2D eigenvalue weighted by Crippen LogP contribution is 2.34. The third-order valence-electron chi connectivity index (χ3n) is 5.63. The minimum Gasteiger partial charge on any atom is -0.466 e. The molecule has 156 valence electrons. The second-order valence-electron chi connectivity index (χ2n) is 7.87. The molecule has 0 radical (unpaired) electrons. The molecule has 0 aliphatic carbocycles. The van der Waals surface area contributed by atoms with Gasteiger partial charge in [0.1, 0.15) is 6.29 Å². The lowest BCUT2D eigenvalue weighted by Crippen LogP contribution is -2.46. The van der Waals surface area contributed by atoms with Gasteiger partial charge in [-0.05, 0) is 56.3 Å². The average molecular weight is 397 g/mol. The Morgan fingerprint density at radius 1 is 1.19 bits per heavy atom. The third-order valence-corrected chi connectivity index (χ3v) is 10.4. The van der Waals surface area contributed by atoms with Gasteiger partial charge >= 0.3 is 5.97 Å². The van der Waals surface area contributed by atoms with E-state index in [9.17, 15) is 9.59 Å². The predicted octanol–water partition coefficient (Wildman–Crippen LogP) is 5.84. The number of ether oxygens (including phenoxy) is 1. The molecule has 0 heterocycles. The van der Waals surface area contributed by atoms with Crippen molar-refractivity contribution in [2.75, 3.05) is 6.61 Å². The zero-order valence-electron chi connectivity index (χ0n) is 18.5. The van der Waals surface area contributed by atoms with Gasteiger partial charge in [-0.25, -0.2) is 0 Å². The Morgan fingerprint density at radius 2 is 1.74 bits per heavy atom. The smallest absolute Gasteiger partial charge is 0.302 e. The Bertz CT molecular complexity index is 514. The standard InChI is InChI=1S/C22H40O4Si/c1-9-27(10-2,11-3)26-22(8,13-14-23)20(6)17-19(5)16-18(4)12-15-25-21(7)24/h14,17-18H,5,9-13,15-16H2,1-4,6-8H3/b20-17+/t18-,22+/m0/s1. The first-order valence-electron chi connectivity index (χ1n) is 10.2. The van der Waals surface area contributed by atoms with Crippen LogP contribution < -0.4 is 0 Å². The van der Waals surface area contributed by atoms with Gasteiger partial charge in [0.25, 0.3) is 0 Å². The van der Waals surface area contributed by atoms with E-state index in [1.807, 2.05) is 13.8 Å². The molecule has 0 saturated heterocycles. The minimum absolute atomic E-state index is 0.242. The normalized spacial score (nSPS) is 15.7. The van der Waals surface area contributed by atoms with Crippen LogP contribution >= 0.6 is 0 Å². The first-order valence-corrected chi connectivity index (χ1v) is 12.7. The molecule has 0 rings (SSSR count). The molecule has 0 aliphatic heterocycles. The van der Waals surface area contributed by atoms with Gasteiger partial charge in [-0.2, -0.15) is 0 Å². The van der Waals surface area contributed by atoms with Crippen molar-refractivity contribution in [2.24, 2.45) is 5.92 Å². The first kappa shape index (κ1) is 25.8. The highest BCUT2D eigenvalue weighted by molar-refractivity contribution is 6.73. The van der Waals surface area contributed by atoms with Crippen molar-refractivity contribution in [1.82, 2.24) is 0 Å². The van der Waals surface area contributed by atoms with Crippen LogP contribution in [0.4, 0.5) is 0 Å². The van der Waals surface area contributed by atoms with Crippen LogP contribution in [0, 0.1) is 5.92 Å². The summed E-state index contributed by atoms with van der Waals surface area (Å²) >= 11 is 0. The van der Waals surface area contributed by atoms with Gasteiger partial charge in [0.2, 0.25) is 0 Å². The van der Waals surface area contributed by atoms with Crippen molar-refractivity contribution in [2.45, 2.75) is 91.5 Å². The fraction of sp³-hybridized carbons (Fsp3) is 0.727. The average Bonchev–Trinajstić information content (AvgIpc) is 2.59. The second kappa shape index (κ2) is 12.3. The first-order chi connectivity index (χ1) is 12.6. The molecule has 0 bridgehead atoms. The summed E-state index contributed by atoms with van der Waals surface area (Å²) in [6, 6.07) is 3.15. The predicted molar refractivity (Wildman–Crippen MR) is 115 cm³/mol. The zero-order chi connectivity index (χ0) is 21.1. The van der Waals surface area contributed by atoms with Gasteiger partial charge in [-0.3, -0.25) is 4.79 Å². The van der Waals surface area contributed by atoms with Crippen molar-refractivity contribution >= 4 is 20.6 Å². The van der Waals surface area contributed by atoms with Gasteiger partial charge in [-0.1, -0.05) is 45.9 Å². The molecule has 2 atom stereocenters. The number of hydrogen-bond donors (Lipinski definition) is 0. The van der Waals surface area contributed by atoms with Crippen LogP contribution in [0.15, 0.2) is 23.8 Å². The number of hydrogen-bond acceptors (Lipinski definition) is 4. The Morgan fingerprint density at radius 3 is 2.19 bits per heavy atom. The Labute approximate surface area is 167 Å². The quantitative estimate of drug-likeness (QED) is 0.160. The fourth-order valence-corrected chi connectivity index (χ4v) is 6.49. The van der Waals surface area contributed by atoms with Crippen molar-refractivity contribution in [3.63, 3.8) is 0 Å². The maximum Gasteiger partial charge on any atom is 0.302 e. The highest BCUT2D eigenvalue weighted by atomic mass is 28.4. The molecule has 0 aromatic carbocycles. The maximum atomic E-state index is 11.4. The number of carbonyl (C=O) groups excluding carboxylic acids is 2. The van der Waals surface area contributed by atoms with E-state index >= 15 is 0 Å². The molecule has 0 unspecified atom stereocenters. The summed E-state index contributed by atoms with van der Waals surface area (Å²) < 4.78 is 11.7. The molecule has 0 aromatic rings. The lowest BCUT2D eigenvalue weighted by molar-refractivity contribution is -0.141. The van der Waals surface area contributed by atoms with Crippen molar-refractivity contribution in [3.8, 4) is 0 Å². The lowest BCUT2D eigenvalue weighted by Gasteiger charge is -2.40. The Hall–Kier alpha value is -1.20. The number of carbonyl (C=O) groups is 2. The number of rotatable bonds is 14. The van der Waals surface area contributed by atoms with E-state index in [1.165, 1.54) is 6.92 Å². The van der Waals surface area contributed by atoms with E-state index in [4.69, 9.17) is 9.16 Å². The van der Waals surface area contributed by atoms with Crippen LogP contribution in [-0.4, -0.2) is 32.8 Å². The maximum absolute atomic E-state index is 11.4. The molecule has 0 fully saturated rings. The topological polar surface area (TPSA) is 52.6 Å². The SMILES string of the molecule is C=C(/C=C(\C)[C@@](C)(CC=O)O[Si](CC)(CC)CC)C[C@@H](C)CCOC(C)=O. The van der Waals surface area contributed by atoms with E-state index in [-0.39, 0.29) is 5.97 Å². The van der Waals surface area contributed by atoms with E-state index < -0.39 is 13.9 Å². The van der Waals surface area contributed by atoms with Crippen LogP contribution in [0.25, 0.3) is 0 Å². The van der Waals surface area contributed by atoms with Crippen LogP contribution in [0.5, 0.6) is 0 Å². The summed E-state index contributed by atoms with van der Waals surface area (Å²) in [4.78, 5) is 22.2. The molecule has 0 spiro atoms. The summed E-state index contributed by atoms with van der Waals surface area (Å²) in [5.74, 6) is 0.128. The van der Waals surface area contributed by atoms with Gasteiger partial charge in [0.15, 0.2) is 8.32 Å². The number of allylic oxidation sites excluding steroid dienone is 2. The van der Waals surface area contributed by atoms with Gasteiger partial charge in [0, 0.05) is 13.3 Å². The molecule has 27 heavy (non-hydrogen) atoms. The van der Waals surface area contributed by atoms with E-state index in [0.29, 0.717) is 18.9 Å². The van der Waals surface area contributed by atoms with Crippen LogP contribution in [0.1, 0.15) is 67.7 Å². The van der Waals surface area contributed by atoms with Crippen molar-refractivity contribution < 1.29 is 18.8 Å². The number of esters is 1. The molecule has 5 heteroatoms. The summed E-state index contributed by atoms with van der Waals surface area (Å²) in [6.45, 7) is 18.9. The van der Waals surface area contributed by atoms with Crippen LogP contribution in [0.3, 0.4) is 0 Å². The minimum atomic E-state index is -1.84. The van der Waals surface area contributed by atoms with Gasteiger partial charge < -0.3 is 14.0 Å². The van der Waals surface area contributed by atoms with Crippen molar-refractivity contribution in [1.29, 1.82) is 0 Å². The molecule has 0 N–H and O–H groups in total. The largest absolute Gasteiger partial charge is 0.466 e. The lowest BCUT2D eigenvalue weighted by atomic mass is 9.90. The summed E-state index contributed by atoms with van der Waals surface area (Å²) in [5.41, 5.74) is 1.50. The molecule has 0 amide bonds. The molecular weight excluding hydrogens is 356 g/mol.